The summed E-state index contributed by atoms with van der Waals surface area (Å²) in [6, 6.07) is 9.61. The summed E-state index contributed by atoms with van der Waals surface area (Å²) in [5.41, 5.74) is 3.60. The van der Waals surface area contributed by atoms with E-state index in [1.54, 1.807) is 37.4 Å². The molecule has 2 heterocycles. The van der Waals surface area contributed by atoms with E-state index >= 15 is 0 Å². The average Bonchev–Trinajstić information content (AvgIpc) is 3.29. The quantitative estimate of drug-likeness (QED) is 0.379. The standard InChI is InChI=1S/C17H14ClN5O5/c1-2-27-17(24)20-19-9-11-10-22(13-5-3-4-12(18)8-13)21-16(11)14-6-7-15(28-14)23(25)26/h3-10H,2H2,1H3,(H,20,24)/b19-9+. The molecule has 3 rings (SSSR count). The van der Waals surface area contributed by atoms with Crippen LogP contribution in [0, 0.1) is 10.1 Å². The number of carbonyl (C=O) groups is 1. The maximum absolute atomic E-state index is 11.4. The van der Waals surface area contributed by atoms with Crippen LogP contribution in [0.3, 0.4) is 0 Å². The Labute approximate surface area is 163 Å². The second-order valence-electron chi connectivity index (χ2n) is 5.34. The van der Waals surface area contributed by atoms with Gasteiger partial charge in [0, 0.05) is 16.8 Å². The number of hydrogen-bond donors (Lipinski definition) is 1. The first-order valence-electron chi connectivity index (χ1n) is 8.04. The maximum atomic E-state index is 11.4. The summed E-state index contributed by atoms with van der Waals surface area (Å²) in [5.74, 6) is -0.245. The van der Waals surface area contributed by atoms with Gasteiger partial charge in [-0.1, -0.05) is 17.7 Å². The van der Waals surface area contributed by atoms with E-state index in [4.69, 9.17) is 20.8 Å². The first-order chi connectivity index (χ1) is 13.5. The third kappa shape index (κ3) is 4.35. The average molecular weight is 404 g/mol. The number of furan rings is 1. The summed E-state index contributed by atoms with van der Waals surface area (Å²) in [7, 11) is 0. The molecule has 0 aliphatic rings. The predicted molar refractivity (Wildman–Crippen MR) is 101 cm³/mol. The molecule has 0 saturated heterocycles. The Balaban J connectivity index is 1.98. The minimum absolute atomic E-state index is 0.171. The summed E-state index contributed by atoms with van der Waals surface area (Å²) >= 11 is 6.02. The number of ether oxygens (including phenoxy) is 1. The molecule has 144 valence electrons. The van der Waals surface area contributed by atoms with Gasteiger partial charge < -0.3 is 9.15 Å². The van der Waals surface area contributed by atoms with Gasteiger partial charge in [-0.15, -0.1) is 0 Å². The Morgan fingerprint density at radius 1 is 1.46 bits per heavy atom. The first-order valence-corrected chi connectivity index (χ1v) is 8.41. The molecule has 0 aliphatic carbocycles. The number of hydrazone groups is 1. The zero-order valence-corrected chi connectivity index (χ0v) is 15.3. The van der Waals surface area contributed by atoms with E-state index < -0.39 is 16.9 Å². The van der Waals surface area contributed by atoms with Gasteiger partial charge in [0.05, 0.1) is 24.6 Å². The number of rotatable bonds is 6. The van der Waals surface area contributed by atoms with E-state index in [0.717, 1.165) is 0 Å². The lowest BCUT2D eigenvalue weighted by Gasteiger charge is -2.00. The predicted octanol–water partition coefficient (Wildman–Crippen LogP) is 3.77. The van der Waals surface area contributed by atoms with Gasteiger partial charge >= 0.3 is 12.0 Å². The van der Waals surface area contributed by atoms with Crippen molar-refractivity contribution in [2.45, 2.75) is 6.92 Å². The Bertz CT molecular complexity index is 1040. The number of amides is 1. The van der Waals surface area contributed by atoms with Crippen LogP contribution in [0.5, 0.6) is 0 Å². The third-order valence-corrected chi connectivity index (χ3v) is 3.69. The van der Waals surface area contributed by atoms with Gasteiger partial charge in [0.15, 0.2) is 5.76 Å². The molecule has 3 aromatic rings. The van der Waals surface area contributed by atoms with Crippen LogP contribution in [-0.2, 0) is 4.74 Å². The molecule has 1 amide bonds. The lowest BCUT2D eigenvalue weighted by atomic mass is 10.2. The number of nitrogens with zero attached hydrogens (tertiary/aromatic N) is 4. The monoisotopic (exact) mass is 403 g/mol. The second kappa shape index (κ2) is 8.35. The number of nitro groups is 1. The molecular weight excluding hydrogens is 390 g/mol. The van der Waals surface area contributed by atoms with Crippen molar-refractivity contribution in [1.29, 1.82) is 0 Å². The number of benzene rings is 1. The van der Waals surface area contributed by atoms with E-state index in [2.05, 4.69) is 15.6 Å². The third-order valence-electron chi connectivity index (χ3n) is 3.46. The van der Waals surface area contributed by atoms with Crippen LogP contribution in [0.4, 0.5) is 10.7 Å². The van der Waals surface area contributed by atoms with E-state index in [9.17, 15) is 14.9 Å². The van der Waals surface area contributed by atoms with Gasteiger partial charge in [-0.3, -0.25) is 10.1 Å². The van der Waals surface area contributed by atoms with Crippen molar-refractivity contribution in [3.05, 3.63) is 63.3 Å². The highest BCUT2D eigenvalue weighted by Crippen LogP contribution is 2.28. The zero-order chi connectivity index (χ0) is 20.1. The topological polar surface area (TPSA) is 125 Å². The van der Waals surface area contributed by atoms with Crippen molar-refractivity contribution in [2.75, 3.05) is 6.61 Å². The van der Waals surface area contributed by atoms with Gasteiger partial charge in [-0.2, -0.15) is 10.2 Å². The number of carbonyl (C=O) groups excluding carboxylic acids is 1. The van der Waals surface area contributed by atoms with Crippen molar-refractivity contribution in [3.8, 4) is 17.1 Å². The molecular formula is C17H14ClN5O5. The Hall–Kier alpha value is -3.66. The molecule has 0 bridgehead atoms. The normalized spacial score (nSPS) is 10.9. The van der Waals surface area contributed by atoms with Crippen molar-refractivity contribution < 1.29 is 18.9 Å². The fourth-order valence-electron chi connectivity index (χ4n) is 2.30. The SMILES string of the molecule is CCOC(=O)N/N=C/c1cn(-c2cccc(Cl)c2)nc1-c1ccc([N+](=O)[O-])o1. The van der Waals surface area contributed by atoms with Crippen LogP contribution in [0.25, 0.3) is 17.1 Å². The molecule has 0 aliphatic heterocycles. The highest BCUT2D eigenvalue weighted by Gasteiger charge is 2.19. The van der Waals surface area contributed by atoms with Gasteiger partial charge in [-0.05, 0) is 31.2 Å². The van der Waals surface area contributed by atoms with Crippen LogP contribution in [0.1, 0.15) is 12.5 Å². The van der Waals surface area contributed by atoms with E-state index in [0.29, 0.717) is 22.0 Å². The molecule has 28 heavy (non-hydrogen) atoms. The van der Waals surface area contributed by atoms with Gasteiger partial charge in [-0.25, -0.2) is 14.9 Å². The van der Waals surface area contributed by atoms with Gasteiger partial charge in [0.1, 0.15) is 10.6 Å². The summed E-state index contributed by atoms with van der Waals surface area (Å²) in [6.45, 7) is 1.87. The largest absolute Gasteiger partial charge is 0.449 e. The van der Waals surface area contributed by atoms with Crippen molar-refractivity contribution in [1.82, 2.24) is 15.2 Å². The molecule has 2 aromatic heterocycles. The Kier molecular flexibility index (Phi) is 5.70. The molecule has 1 N–H and O–H groups in total. The molecule has 0 radical (unpaired) electrons. The first kappa shape index (κ1) is 19.1. The zero-order valence-electron chi connectivity index (χ0n) is 14.5. The van der Waals surface area contributed by atoms with Crippen LogP contribution in [0.15, 0.2) is 52.1 Å². The molecule has 0 fully saturated rings. The van der Waals surface area contributed by atoms with Crippen molar-refractivity contribution >= 4 is 29.8 Å². The summed E-state index contributed by atoms with van der Waals surface area (Å²) in [4.78, 5) is 21.6. The fraction of sp³-hybridized carbons (Fsp3) is 0.118. The molecule has 0 spiro atoms. The molecule has 10 nitrogen and oxygen atoms in total. The van der Waals surface area contributed by atoms with Crippen LogP contribution in [0.2, 0.25) is 5.02 Å². The lowest BCUT2D eigenvalue weighted by molar-refractivity contribution is -0.401. The van der Waals surface area contributed by atoms with Crippen molar-refractivity contribution in [3.63, 3.8) is 0 Å². The molecule has 0 saturated carbocycles. The van der Waals surface area contributed by atoms with Gasteiger partial charge in [0.2, 0.25) is 0 Å². The minimum Gasteiger partial charge on any atom is -0.449 e. The molecule has 1 aromatic carbocycles. The molecule has 11 heteroatoms. The number of nitrogens with one attached hydrogen (secondary N) is 1. The highest BCUT2D eigenvalue weighted by atomic mass is 35.5. The molecule has 0 unspecified atom stereocenters. The van der Waals surface area contributed by atoms with Crippen LogP contribution >= 0.6 is 11.6 Å². The Morgan fingerprint density at radius 2 is 2.29 bits per heavy atom. The number of aromatic nitrogens is 2. The van der Waals surface area contributed by atoms with Crippen molar-refractivity contribution in [2.24, 2.45) is 5.10 Å². The Morgan fingerprint density at radius 3 is 2.96 bits per heavy atom. The molecule has 0 atom stereocenters. The summed E-state index contributed by atoms with van der Waals surface area (Å²) in [5, 5.41) is 19.6. The highest BCUT2D eigenvalue weighted by molar-refractivity contribution is 6.30. The number of hydrogen-bond acceptors (Lipinski definition) is 7. The minimum atomic E-state index is -0.712. The summed E-state index contributed by atoms with van der Waals surface area (Å²) < 4.78 is 11.5. The smallest absolute Gasteiger partial charge is 0.433 e. The second-order valence-corrected chi connectivity index (χ2v) is 5.78. The summed E-state index contributed by atoms with van der Waals surface area (Å²) in [6.07, 6.45) is 2.23. The van der Waals surface area contributed by atoms with E-state index in [1.165, 1.54) is 23.0 Å². The van der Waals surface area contributed by atoms with Crippen LogP contribution < -0.4 is 5.43 Å². The van der Waals surface area contributed by atoms with E-state index in [1.807, 2.05) is 0 Å². The van der Waals surface area contributed by atoms with Crippen LogP contribution in [-0.4, -0.2) is 33.6 Å². The van der Waals surface area contributed by atoms with Gasteiger partial charge in [0.25, 0.3) is 0 Å². The fourth-order valence-corrected chi connectivity index (χ4v) is 2.48. The van der Waals surface area contributed by atoms with E-state index in [-0.39, 0.29) is 12.4 Å². The number of halogens is 1. The lowest BCUT2D eigenvalue weighted by Crippen LogP contribution is -2.18. The maximum Gasteiger partial charge on any atom is 0.433 e.